The molecular formula is C24H22FN3O3. The van der Waals surface area contributed by atoms with Gasteiger partial charge in [0, 0.05) is 31.7 Å². The summed E-state index contributed by atoms with van der Waals surface area (Å²) in [5, 5.41) is 9.62. The van der Waals surface area contributed by atoms with E-state index in [1.54, 1.807) is 23.1 Å². The number of hydrogen-bond acceptors (Lipinski definition) is 5. The van der Waals surface area contributed by atoms with Crippen LogP contribution in [-0.2, 0) is 6.61 Å². The zero-order valence-corrected chi connectivity index (χ0v) is 16.9. The Bertz CT molecular complexity index is 1050. The van der Waals surface area contributed by atoms with Crippen LogP contribution in [0.1, 0.15) is 27.7 Å². The fourth-order valence-electron chi connectivity index (χ4n) is 3.65. The molecule has 1 aliphatic heterocycles. The van der Waals surface area contributed by atoms with E-state index in [9.17, 15) is 14.4 Å². The van der Waals surface area contributed by atoms with Gasteiger partial charge in [-0.25, -0.2) is 4.39 Å². The molecule has 1 atom stereocenters. The first-order chi connectivity index (χ1) is 15.2. The van der Waals surface area contributed by atoms with Gasteiger partial charge in [0.2, 0.25) is 0 Å². The molecule has 0 spiro atoms. The second-order valence-electron chi connectivity index (χ2n) is 7.29. The van der Waals surface area contributed by atoms with Crippen LogP contribution >= 0.6 is 0 Å². The Hall–Kier alpha value is -3.63. The lowest BCUT2D eigenvalue weighted by atomic mass is 10.1. The van der Waals surface area contributed by atoms with Gasteiger partial charge < -0.3 is 14.1 Å². The van der Waals surface area contributed by atoms with Gasteiger partial charge >= 0.3 is 0 Å². The lowest BCUT2D eigenvalue weighted by Gasteiger charge is -2.36. The molecule has 0 N–H and O–H groups in total. The van der Waals surface area contributed by atoms with Crippen molar-refractivity contribution in [2.75, 3.05) is 26.2 Å². The van der Waals surface area contributed by atoms with Crippen molar-refractivity contribution >= 4 is 5.91 Å². The van der Waals surface area contributed by atoms with Crippen molar-refractivity contribution in [3.63, 3.8) is 0 Å². The molecule has 4 rings (SSSR count). The number of rotatable bonds is 6. The highest BCUT2D eigenvalue weighted by Crippen LogP contribution is 2.23. The number of hydrogen-bond donors (Lipinski definition) is 0. The largest absolute Gasteiger partial charge is 0.489 e. The molecule has 7 heteroatoms. The Morgan fingerprint density at radius 3 is 2.45 bits per heavy atom. The van der Waals surface area contributed by atoms with Gasteiger partial charge in [0.25, 0.3) is 5.91 Å². The lowest BCUT2D eigenvalue weighted by molar-refractivity contribution is 0.0573. The molecule has 6 nitrogen and oxygen atoms in total. The fraction of sp³-hybridized carbons (Fsp3) is 0.250. The fourth-order valence-corrected chi connectivity index (χ4v) is 3.65. The summed E-state index contributed by atoms with van der Waals surface area (Å²) < 4.78 is 24.4. The zero-order chi connectivity index (χ0) is 21.6. The van der Waals surface area contributed by atoms with Crippen molar-refractivity contribution < 1.29 is 18.3 Å². The number of furan rings is 1. The number of benzene rings is 2. The van der Waals surface area contributed by atoms with Crippen LogP contribution < -0.4 is 4.74 Å². The molecule has 0 aliphatic carbocycles. The molecule has 1 aromatic heterocycles. The highest BCUT2D eigenvalue weighted by atomic mass is 19.1. The second kappa shape index (κ2) is 9.45. The van der Waals surface area contributed by atoms with Crippen LogP contribution in [0.3, 0.4) is 0 Å². The summed E-state index contributed by atoms with van der Waals surface area (Å²) in [7, 11) is 0. The van der Waals surface area contributed by atoms with E-state index < -0.39 is 6.04 Å². The van der Waals surface area contributed by atoms with Gasteiger partial charge in [-0.2, -0.15) is 5.26 Å². The van der Waals surface area contributed by atoms with Crippen molar-refractivity contribution in [1.82, 2.24) is 9.80 Å². The molecule has 31 heavy (non-hydrogen) atoms. The van der Waals surface area contributed by atoms with Gasteiger partial charge in [-0.1, -0.05) is 30.3 Å². The summed E-state index contributed by atoms with van der Waals surface area (Å²) in [6.07, 6.45) is 1.49. The Morgan fingerprint density at radius 1 is 1.06 bits per heavy atom. The van der Waals surface area contributed by atoms with Crippen LogP contribution in [0.25, 0.3) is 0 Å². The van der Waals surface area contributed by atoms with Crippen LogP contribution in [0.15, 0.2) is 71.3 Å². The lowest BCUT2D eigenvalue weighted by Crippen LogP contribution is -2.49. The number of amides is 1. The summed E-state index contributed by atoms with van der Waals surface area (Å²) in [6.45, 7) is 2.26. The average Bonchev–Trinajstić information content (AvgIpc) is 3.29. The number of piperazine rings is 1. The van der Waals surface area contributed by atoms with Crippen molar-refractivity contribution in [2.24, 2.45) is 0 Å². The number of carbonyl (C=O) groups is 1. The summed E-state index contributed by atoms with van der Waals surface area (Å²) in [4.78, 5) is 16.7. The molecule has 0 bridgehead atoms. The van der Waals surface area contributed by atoms with Gasteiger partial charge in [-0.3, -0.25) is 9.69 Å². The molecule has 3 aromatic rings. The Morgan fingerprint density at radius 2 is 1.77 bits per heavy atom. The van der Waals surface area contributed by atoms with Crippen LogP contribution in [0.5, 0.6) is 5.75 Å². The monoisotopic (exact) mass is 419 g/mol. The maximum absolute atomic E-state index is 13.2. The van der Waals surface area contributed by atoms with E-state index in [-0.39, 0.29) is 24.1 Å². The summed E-state index contributed by atoms with van der Waals surface area (Å²) >= 11 is 0. The minimum atomic E-state index is -0.476. The minimum absolute atomic E-state index is 0.188. The molecule has 1 unspecified atom stereocenters. The SMILES string of the molecule is N#CC(c1ccc(F)cc1)N1CCN(C(=O)c2occc2COc2ccccc2)CC1. The number of para-hydroxylation sites is 1. The Labute approximate surface area is 180 Å². The number of carbonyl (C=O) groups excluding carboxylic acids is 1. The van der Waals surface area contributed by atoms with E-state index in [0.717, 1.165) is 11.3 Å². The summed E-state index contributed by atoms with van der Waals surface area (Å²) in [6, 6.07) is 18.9. The van der Waals surface area contributed by atoms with Gasteiger partial charge in [-0.05, 0) is 35.9 Å². The maximum atomic E-state index is 13.2. The van der Waals surface area contributed by atoms with Gasteiger partial charge in [0.15, 0.2) is 5.76 Å². The third-order valence-electron chi connectivity index (χ3n) is 5.35. The third kappa shape index (κ3) is 4.76. The number of ether oxygens (including phenoxy) is 1. The quantitative estimate of drug-likeness (QED) is 0.604. The van der Waals surface area contributed by atoms with Crippen LogP contribution in [0.2, 0.25) is 0 Å². The highest BCUT2D eigenvalue weighted by molar-refractivity contribution is 5.93. The molecule has 1 amide bonds. The third-order valence-corrected chi connectivity index (χ3v) is 5.35. The first-order valence-electron chi connectivity index (χ1n) is 10.1. The summed E-state index contributed by atoms with van der Waals surface area (Å²) in [5.74, 6) is 0.478. The second-order valence-corrected chi connectivity index (χ2v) is 7.29. The summed E-state index contributed by atoms with van der Waals surface area (Å²) in [5.41, 5.74) is 1.44. The van der Waals surface area contributed by atoms with Crippen LogP contribution in [0, 0.1) is 17.1 Å². The smallest absolute Gasteiger partial charge is 0.290 e. The van der Waals surface area contributed by atoms with Gasteiger partial charge in [-0.15, -0.1) is 0 Å². The molecular weight excluding hydrogens is 397 g/mol. The van der Waals surface area contributed by atoms with Gasteiger partial charge in [0.05, 0.1) is 12.3 Å². The number of nitrogens with zero attached hydrogens (tertiary/aromatic N) is 3. The normalized spacial score (nSPS) is 15.3. The highest BCUT2D eigenvalue weighted by Gasteiger charge is 2.29. The topological polar surface area (TPSA) is 69.7 Å². The Kier molecular flexibility index (Phi) is 6.29. The molecule has 2 aromatic carbocycles. The minimum Gasteiger partial charge on any atom is -0.489 e. The molecule has 2 heterocycles. The van der Waals surface area contributed by atoms with E-state index >= 15 is 0 Å². The van der Waals surface area contributed by atoms with E-state index in [1.807, 2.05) is 35.2 Å². The van der Waals surface area contributed by atoms with Crippen molar-refractivity contribution in [1.29, 1.82) is 5.26 Å². The molecule has 1 aliphatic rings. The number of nitriles is 1. The number of halogens is 1. The van der Waals surface area contributed by atoms with Crippen molar-refractivity contribution in [3.05, 3.63) is 89.6 Å². The van der Waals surface area contributed by atoms with Crippen molar-refractivity contribution in [2.45, 2.75) is 12.6 Å². The van der Waals surface area contributed by atoms with Crippen LogP contribution in [0.4, 0.5) is 4.39 Å². The molecule has 0 radical (unpaired) electrons. The molecule has 158 valence electrons. The first-order valence-corrected chi connectivity index (χ1v) is 10.1. The average molecular weight is 419 g/mol. The Balaban J connectivity index is 1.37. The van der Waals surface area contributed by atoms with E-state index in [2.05, 4.69) is 6.07 Å². The maximum Gasteiger partial charge on any atom is 0.290 e. The zero-order valence-electron chi connectivity index (χ0n) is 16.9. The van der Waals surface area contributed by atoms with Crippen LogP contribution in [-0.4, -0.2) is 41.9 Å². The van der Waals surface area contributed by atoms with E-state index in [1.165, 1.54) is 18.4 Å². The first kappa shape index (κ1) is 20.6. The van der Waals surface area contributed by atoms with Gasteiger partial charge in [0.1, 0.15) is 24.2 Å². The molecule has 0 saturated carbocycles. The van der Waals surface area contributed by atoms with Crippen molar-refractivity contribution in [3.8, 4) is 11.8 Å². The standard InChI is InChI=1S/C24H22FN3O3/c25-20-8-6-18(7-9-20)22(16-26)27-11-13-28(14-12-27)24(29)23-19(10-15-30-23)17-31-21-4-2-1-3-5-21/h1-10,15,22H,11-14,17H2. The molecule has 1 fully saturated rings. The van der Waals surface area contributed by atoms with E-state index in [4.69, 9.17) is 9.15 Å². The predicted octanol–water partition coefficient (Wildman–Crippen LogP) is 4.02. The molecule has 1 saturated heterocycles. The predicted molar refractivity (Wildman–Crippen MR) is 112 cm³/mol. The van der Waals surface area contributed by atoms with E-state index in [0.29, 0.717) is 31.7 Å².